The van der Waals surface area contributed by atoms with Crippen molar-refractivity contribution < 1.29 is 0 Å². The van der Waals surface area contributed by atoms with Crippen LogP contribution in [0.25, 0.3) is 55.0 Å². The molecule has 0 N–H and O–H groups in total. The van der Waals surface area contributed by atoms with Crippen LogP contribution in [0.1, 0.15) is 26.7 Å². The van der Waals surface area contributed by atoms with Crippen LogP contribution in [0.5, 0.6) is 0 Å². The third-order valence-electron chi connectivity index (χ3n) is 7.01. The van der Waals surface area contributed by atoms with Crippen molar-refractivity contribution in [3.63, 3.8) is 0 Å². The fraction of sp³-hybridized carbons (Fsp3) is 0.118. The average Bonchev–Trinajstić information content (AvgIpc) is 3.44. The van der Waals surface area contributed by atoms with Gasteiger partial charge in [-0.1, -0.05) is 98.3 Å². The van der Waals surface area contributed by atoms with E-state index in [1.807, 2.05) is 0 Å². The highest BCUT2D eigenvalue weighted by Crippen LogP contribution is 2.35. The van der Waals surface area contributed by atoms with Crippen LogP contribution in [0, 0.1) is 0 Å². The van der Waals surface area contributed by atoms with E-state index in [0.717, 1.165) is 24.2 Å². The molecule has 0 fully saturated rings. The summed E-state index contributed by atoms with van der Waals surface area (Å²) >= 11 is 0. The molecule has 2 heterocycles. The molecule has 0 aliphatic heterocycles. The summed E-state index contributed by atoms with van der Waals surface area (Å²) in [6.07, 6.45) is 11.3. The van der Waals surface area contributed by atoms with Crippen LogP contribution in [0.3, 0.4) is 0 Å². The molecule has 4 aromatic carbocycles. The zero-order valence-electron chi connectivity index (χ0n) is 20.9. The molecule has 2 heteroatoms. The molecule has 6 rings (SSSR count). The number of para-hydroxylation sites is 4. The Labute approximate surface area is 212 Å². The molecule has 0 saturated carbocycles. The van der Waals surface area contributed by atoms with E-state index in [-0.39, 0.29) is 0 Å². The minimum Gasteiger partial charge on any atom is -0.310 e. The minimum atomic E-state index is 1.05. The van der Waals surface area contributed by atoms with Crippen LogP contribution in [0.4, 0.5) is 0 Å². The van der Waals surface area contributed by atoms with Gasteiger partial charge in [0.25, 0.3) is 0 Å². The van der Waals surface area contributed by atoms with Crippen molar-refractivity contribution in [1.29, 1.82) is 0 Å². The second-order valence-corrected chi connectivity index (χ2v) is 9.21. The highest BCUT2D eigenvalue weighted by molar-refractivity contribution is 6.12. The van der Waals surface area contributed by atoms with Crippen LogP contribution in [-0.4, -0.2) is 9.13 Å². The van der Waals surface area contributed by atoms with Crippen molar-refractivity contribution >= 4 is 55.0 Å². The number of benzene rings is 4. The van der Waals surface area contributed by atoms with Crippen molar-refractivity contribution in [3.8, 4) is 0 Å². The summed E-state index contributed by atoms with van der Waals surface area (Å²) in [6.45, 7) is 4.36. The molecule has 0 aliphatic rings. The van der Waals surface area contributed by atoms with Gasteiger partial charge in [-0.15, -0.1) is 0 Å². The van der Waals surface area contributed by atoms with Crippen molar-refractivity contribution in [1.82, 2.24) is 9.13 Å². The first-order valence-electron chi connectivity index (χ1n) is 12.8. The lowest BCUT2D eigenvalue weighted by atomic mass is 10.2. The molecule has 0 radical (unpaired) electrons. The van der Waals surface area contributed by atoms with E-state index in [9.17, 15) is 0 Å². The average molecular weight is 467 g/mol. The normalized spacial score (nSPS) is 13.2. The number of allylic oxidation sites excluding steroid dienone is 6. The number of unbranched alkanes of at least 4 members (excludes halogenated alkanes) is 1. The quantitative estimate of drug-likeness (QED) is 0.216. The SMILES string of the molecule is CC=C(C=C(C=CCCC)n1c2ccccc2c2ccccc21)n1c2ccccc2c2ccccc21. The highest BCUT2D eigenvalue weighted by Gasteiger charge is 2.15. The Bertz CT molecular complexity index is 1700. The van der Waals surface area contributed by atoms with Crippen LogP contribution >= 0.6 is 0 Å². The zero-order chi connectivity index (χ0) is 24.5. The largest absolute Gasteiger partial charge is 0.310 e. The summed E-state index contributed by atoms with van der Waals surface area (Å²) in [5, 5.41) is 5.12. The van der Waals surface area contributed by atoms with E-state index >= 15 is 0 Å². The smallest absolute Gasteiger partial charge is 0.0541 e. The van der Waals surface area contributed by atoms with Crippen molar-refractivity contribution in [2.24, 2.45) is 0 Å². The summed E-state index contributed by atoms with van der Waals surface area (Å²) in [5.74, 6) is 0. The summed E-state index contributed by atoms with van der Waals surface area (Å²) < 4.78 is 4.81. The molecular formula is C34H30N2. The first kappa shape index (κ1) is 22.2. The lowest BCUT2D eigenvalue weighted by Gasteiger charge is -2.14. The fourth-order valence-corrected chi connectivity index (χ4v) is 5.39. The monoisotopic (exact) mass is 466 g/mol. The summed E-state index contributed by atoms with van der Waals surface area (Å²) in [4.78, 5) is 0. The predicted octanol–water partition coefficient (Wildman–Crippen LogP) is 9.66. The van der Waals surface area contributed by atoms with Crippen LogP contribution in [-0.2, 0) is 0 Å². The second kappa shape index (κ2) is 9.39. The van der Waals surface area contributed by atoms with Gasteiger partial charge in [0, 0.05) is 32.9 Å². The Balaban J connectivity index is 1.65. The number of rotatable bonds is 6. The van der Waals surface area contributed by atoms with E-state index in [1.165, 1.54) is 43.6 Å². The van der Waals surface area contributed by atoms with E-state index < -0.39 is 0 Å². The third kappa shape index (κ3) is 3.58. The molecule has 0 amide bonds. The van der Waals surface area contributed by atoms with Crippen molar-refractivity contribution in [2.75, 3.05) is 0 Å². The summed E-state index contributed by atoms with van der Waals surface area (Å²) in [7, 11) is 0. The first-order valence-corrected chi connectivity index (χ1v) is 12.8. The molecule has 6 aromatic rings. The van der Waals surface area contributed by atoms with Gasteiger partial charge in [0.05, 0.1) is 22.1 Å². The van der Waals surface area contributed by atoms with Crippen molar-refractivity contribution in [2.45, 2.75) is 26.7 Å². The van der Waals surface area contributed by atoms with Crippen molar-refractivity contribution in [3.05, 3.63) is 121 Å². The predicted molar refractivity (Wildman–Crippen MR) is 157 cm³/mol. The molecule has 0 atom stereocenters. The van der Waals surface area contributed by atoms with E-state index in [2.05, 4.69) is 144 Å². The Morgan fingerprint density at radius 2 is 0.972 bits per heavy atom. The van der Waals surface area contributed by atoms with Gasteiger partial charge in [-0.2, -0.15) is 0 Å². The third-order valence-corrected chi connectivity index (χ3v) is 7.01. The number of aromatic nitrogens is 2. The zero-order valence-corrected chi connectivity index (χ0v) is 20.9. The molecule has 2 aromatic heterocycles. The first-order chi connectivity index (χ1) is 17.8. The minimum absolute atomic E-state index is 1.05. The van der Waals surface area contributed by atoms with Gasteiger partial charge in [0.1, 0.15) is 0 Å². The van der Waals surface area contributed by atoms with Gasteiger partial charge in [-0.25, -0.2) is 0 Å². The van der Waals surface area contributed by atoms with Gasteiger partial charge < -0.3 is 9.13 Å². The molecule has 0 saturated heterocycles. The maximum absolute atomic E-state index is 2.41. The second-order valence-electron chi connectivity index (χ2n) is 9.21. The van der Waals surface area contributed by atoms with Gasteiger partial charge in [0.2, 0.25) is 0 Å². The highest BCUT2D eigenvalue weighted by atomic mass is 15.0. The van der Waals surface area contributed by atoms with Gasteiger partial charge in [-0.3, -0.25) is 0 Å². The molecular weight excluding hydrogens is 436 g/mol. The van der Waals surface area contributed by atoms with Gasteiger partial charge in [0.15, 0.2) is 0 Å². The molecule has 0 aliphatic carbocycles. The standard InChI is InChI=1S/C34H30N2/c1-3-5-6-15-26(36-33-22-13-9-18-29(33)30-19-10-14-23-34(30)36)24-25(4-2)35-31-20-11-7-16-27(31)28-17-8-12-21-32(28)35/h4,6-24H,3,5H2,1-2H3. The maximum atomic E-state index is 2.41. The van der Waals surface area contributed by atoms with Gasteiger partial charge in [-0.05, 0) is 49.8 Å². The molecule has 0 spiro atoms. The van der Waals surface area contributed by atoms with E-state index in [4.69, 9.17) is 0 Å². The Morgan fingerprint density at radius 3 is 1.36 bits per heavy atom. The van der Waals surface area contributed by atoms with E-state index in [0.29, 0.717) is 0 Å². The molecule has 176 valence electrons. The summed E-state index contributed by atoms with van der Waals surface area (Å²) in [5.41, 5.74) is 7.22. The lowest BCUT2D eigenvalue weighted by Crippen LogP contribution is -1.99. The number of hydrogen-bond acceptors (Lipinski definition) is 0. The Morgan fingerprint density at radius 1 is 0.583 bits per heavy atom. The van der Waals surface area contributed by atoms with E-state index in [1.54, 1.807) is 0 Å². The Kier molecular flexibility index (Phi) is 5.79. The van der Waals surface area contributed by atoms with Crippen LogP contribution in [0.15, 0.2) is 121 Å². The molecule has 0 bridgehead atoms. The maximum Gasteiger partial charge on any atom is 0.0541 e. The number of hydrogen-bond donors (Lipinski definition) is 0. The fourth-order valence-electron chi connectivity index (χ4n) is 5.39. The van der Waals surface area contributed by atoms with Crippen LogP contribution < -0.4 is 0 Å². The van der Waals surface area contributed by atoms with Gasteiger partial charge >= 0.3 is 0 Å². The van der Waals surface area contributed by atoms with Crippen LogP contribution in [0.2, 0.25) is 0 Å². The lowest BCUT2D eigenvalue weighted by molar-refractivity contribution is 0.958. The molecule has 36 heavy (non-hydrogen) atoms. The number of fused-ring (bicyclic) bond motifs is 6. The number of nitrogens with zero attached hydrogens (tertiary/aromatic N) is 2. The molecule has 2 nitrogen and oxygen atoms in total. The topological polar surface area (TPSA) is 9.86 Å². The molecule has 0 unspecified atom stereocenters. The Hall–Kier alpha value is -4.30. The summed E-state index contributed by atoms with van der Waals surface area (Å²) in [6, 6.07) is 34.8.